The van der Waals surface area contributed by atoms with Crippen LogP contribution in [-0.4, -0.2) is 16.8 Å². The quantitative estimate of drug-likeness (QED) is 0.881. The zero-order chi connectivity index (χ0) is 14.2. The van der Waals surface area contributed by atoms with Gasteiger partial charge in [-0.05, 0) is 35.9 Å². The number of hydrogen-bond acceptors (Lipinski definition) is 1. The first kappa shape index (κ1) is 13.5. The zero-order valence-corrected chi connectivity index (χ0v) is 11.1. The second kappa shape index (κ2) is 5.13. The van der Waals surface area contributed by atoms with E-state index in [4.69, 9.17) is 0 Å². The van der Waals surface area contributed by atoms with Crippen LogP contribution >= 0.6 is 0 Å². The van der Waals surface area contributed by atoms with Gasteiger partial charge in [-0.15, -0.1) is 0 Å². The van der Waals surface area contributed by atoms with Crippen molar-refractivity contribution in [3.63, 3.8) is 0 Å². The summed E-state index contributed by atoms with van der Waals surface area (Å²) in [6.07, 6.45) is -0.716. The predicted molar refractivity (Wildman–Crippen MR) is 72.5 cm³/mol. The second-order valence-electron chi connectivity index (χ2n) is 5.42. The smallest absolute Gasteiger partial charge is 0.347 e. The molecule has 5 heteroatoms. The van der Waals surface area contributed by atoms with Crippen LogP contribution in [0.2, 0.25) is 0 Å². The molecule has 1 fully saturated rings. The number of nitrogens with one attached hydrogen (secondary N) is 1. The summed E-state index contributed by atoms with van der Waals surface area (Å²) < 4.78 is 38.6. The maximum atomic E-state index is 12.3. The summed E-state index contributed by atoms with van der Waals surface area (Å²) in [5.41, 5.74) is 2.00. The van der Waals surface area contributed by atoms with Gasteiger partial charge in [-0.2, -0.15) is 13.2 Å². The fourth-order valence-corrected chi connectivity index (χ4v) is 2.33. The third-order valence-corrected chi connectivity index (χ3v) is 3.65. The molecule has 0 spiro atoms. The van der Waals surface area contributed by atoms with E-state index in [9.17, 15) is 13.2 Å². The van der Waals surface area contributed by atoms with Crippen molar-refractivity contribution in [2.24, 2.45) is 0 Å². The largest absolute Gasteiger partial charge is 0.390 e. The third-order valence-electron chi connectivity index (χ3n) is 3.65. The lowest BCUT2D eigenvalue weighted by molar-refractivity contribution is -0.136. The van der Waals surface area contributed by atoms with Gasteiger partial charge in [0.1, 0.15) is 0 Å². The van der Waals surface area contributed by atoms with Gasteiger partial charge in [0.2, 0.25) is 0 Å². The van der Waals surface area contributed by atoms with Crippen molar-refractivity contribution < 1.29 is 13.2 Å². The van der Waals surface area contributed by atoms with E-state index in [1.54, 1.807) is 10.8 Å². The number of aryl methyl sites for hydroxylation is 1. The van der Waals surface area contributed by atoms with Gasteiger partial charge in [0.25, 0.3) is 0 Å². The monoisotopic (exact) mass is 282 g/mol. The molecule has 1 aromatic heterocycles. The molecule has 0 amide bonds. The van der Waals surface area contributed by atoms with E-state index >= 15 is 0 Å². The highest BCUT2D eigenvalue weighted by atomic mass is 19.4. The minimum atomic E-state index is -4.11. The summed E-state index contributed by atoms with van der Waals surface area (Å²) in [4.78, 5) is 0. The highest BCUT2D eigenvalue weighted by molar-refractivity contribution is 5.80. The van der Waals surface area contributed by atoms with E-state index in [1.807, 2.05) is 24.3 Å². The lowest BCUT2D eigenvalue weighted by Gasteiger charge is -2.09. The van der Waals surface area contributed by atoms with Gasteiger partial charge in [0.15, 0.2) is 0 Å². The minimum absolute atomic E-state index is 0.0213. The SMILES string of the molecule is FC(F)(F)CCn1ccc2ccc(CNC3CC3)cc21. The number of fused-ring (bicyclic) bond motifs is 1. The number of nitrogens with zero attached hydrogens (tertiary/aromatic N) is 1. The van der Waals surface area contributed by atoms with Gasteiger partial charge in [0, 0.05) is 30.8 Å². The summed E-state index contributed by atoms with van der Waals surface area (Å²) in [6.45, 7) is 0.761. The maximum absolute atomic E-state index is 12.3. The summed E-state index contributed by atoms with van der Waals surface area (Å²) in [6, 6.07) is 8.49. The normalized spacial score (nSPS) is 15.9. The molecule has 0 saturated heterocycles. The Morgan fingerprint density at radius 3 is 2.70 bits per heavy atom. The predicted octanol–water partition coefficient (Wildman–Crippen LogP) is 3.85. The van der Waals surface area contributed by atoms with Crippen LogP contribution in [0.25, 0.3) is 10.9 Å². The molecule has 1 heterocycles. The van der Waals surface area contributed by atoms with Gasteiger partial charge < -0.3 is 9.88 Å². The van der Waals surface area contributed by atoms with Crippen LogP contribution in [-0.2, 0) is 13.1 Å². The van der Waals surface area contributed by atoms with Crippen molar-refractivity contribution in [1.82, 2.24) is 9.88 Å². The van der Waals surface area contributed by atoms with Crippen LogP contribution in [0.4, 0.5) is 13.2 Å². The van der Waals surface area contributed by atoms with Crippen LogP contribution in [0.15, 0.2) is 30.5 Å². The molecule has 0 radical (unpaired) electrons. The molecule has 1 aliphatic rings. The van der Waals surface area contributed by atoms with Gasteiger partial charge in [-0.25, -0.2) is 0 Å². The average molecular weight is 282 g/mol. The topological polar surface area (TPSA) is 17.0 Å². The van der Waals surface area contributed by atoms with Gasteiger partial charge in [0.05, 0.1) is 6.42 Å². The van der Waals surface area contributed by atoms with Crippen molar-refractivity contribution in [2.45, 2.75) is 44.6 Å². The Kier molecular flexibility index (Phi) is 3.46. The first-order valence-electron chi connectivity index (χ1n) is 6.89. The number of hydrogen-bond donors (Lipinski definition) is 1. The van der Waals surface area contributed by atoms with Crippen LogP contribution in [0, 0.1) is 0 Å². The Balaban J connectivity index is 1.75. The molecule has 3 rings (SSSR count). The Morgan fingerprint density at radius 1 is 1.20 bits per heavy atom. The van der Waals surface area contributed by atoms with Gasteiger partial charge in [-0.3, -0.25) is 0 Å². The number of rotatable bonds is 5. The van der Waals surface area contributed by atoms with Crippen LogP contribution in [0.5, 0.6) is 0 Å². The molecule has 0 unspecified atom stereocenters. The Labute approximate surface area is 115 Å². The van der Waals surface area contributed by atoms with Crippen molar-refractivity contribution in [1.29, 1.82) is 0 Å². The fraction of sp³-hybridized carbons (Fsp3) is 0.467. The maximum Gasteiger partial charge on any atom is 0.390 e. The molecule has 1 N–H and O–H groups in total. The molecule has 2 nitrogen and oxygen atoms in total. The molecule has 1 aliphatic carbocycles. The summed E-state index contributed by atoms with van der Waals surface area (Å²) in [7, 11) is 0. The number of aromatic nitrogens is 1. The minimum Gasteiger partial charge on any atom is -0.347 e. The van der Waals surface area contributed by atoms with E-state index in [1.165, 1.54) is 12.8 Å². The summed E-state index contributed by atoms with van der Waals surface area (Å²) in [5.74, 6) is 0. The molecule has 1 aromatic carbocycles. The van der Waals surface area contributed by atoms with E-state index < -0.39 is 12.6 Å². The zero-order valence-electron chi connectivity index (χ0n) is 11.1. The average Bonchev–Trinajstić information content (AvgIpc) is 3.13. The van der Waals surface area contributed by atoms with Crippen molar-refractivity contribution in [3.05, 3.63) is 36.0 Å². The van der Waals surface area contributed by atoms with Gasteiger partial charge >= 0.3 is 6.18 Å². The molecule has 1 saturated carbocycles. The number of benzene rings is 1. The fourth-order valence-electron chi connectivity index (χ4n) is 2.33. The Bertz CT molecular complexity index is 597. The molecule has 20 heavy (non-hydrogen) atoms. The third kappa shape index (κ3) is 3.33. The molecule has 0 aliphatic heterocycles. The molecular weight excluding hydrogens is 265 g/mol. The number of halogens is 3. The van der Waals surface area contributed by atoms with Crippen LogP contribution in [0.3, 0.4) is 0 Å². The van der Waals surface area contributed by atoms with Crippen molar-refractivity contribution >= 4 is 10.9 Å². The van der Waals surface area contributed by atoms with Crippen LogP contribution in [0.1, 0.15) is 24.8 Å². The molecule has 108 valence electrons. The highest BCUT2D eigenvalue weighted by Gasteiger charge is 2.26. The molecule has 0 atom stereocenters. The summed E-state index contributed by atoms with van der Waals surface area (Å²) in [5, 5.41) is 4.40. The molecule has 2 aromatic rings. The Morgan fingerprint density at radius 2 is 2.00 bits per heavy atom. The first-order valence-corrected chi connectivity index (χ1v) is 6.89. The summed E-state index contributed by atoms with van der Waals surface area (Å²) >= 11 is 0. The first-order chi connectivity index (χ1) is 9.51. The highest BCUT2D eigenvalue weighted by Crippen LogP contribution is 2.24. The van der Waals surface area contributed by atoms with E-state index in [-0.39, 0.29) is 6.54 Å². The van der Waals surface area contributed by atoms with Crippen LogP contribution < -0.4 is 5.32 Å². The molecular formula is C15H17F3N2. The van der Waals surface area contributed by atoms with Crippen molar-refractivity contribution in [3.8, 4) is 0 Å². The van der Waals surface area contributed by atoms with Crippen molar-refractivity contribution in [2.75, 3.05) is 0 Å². The lowest BCUT2D eigenvalue weighted by Crippen LogP contribution is -2.15. The second-order valence-corrected chi connectivity index (χ2v) is 5.42. The Hall–Kier alpha value is -1.49. The van der Waals surface area contributed by atoms with E-state index in [0.29, 0.717) is 6.04 Å². The molecule has 0 bridgehead atoms. The van der Waals surface area contributed by atoms with E-state index in [0.717, 1.165) is 23.0 Å². The lowest BCUT2D eigenvalue weighted by atomic mass is 10.1. The van der Waals surface area contributed by atoms with E-state index in [2.05, 4.69) is 5.32 Å². The number of alkyl halides is 3. The van der Waals surface area contributed by atoms with Gasteiger partial charge in [-0.1, -0.05) is 12.1 Å². The standard InChI is InChI=1S/C15H17F3N2/c16-15(17,18)6-8-20-7-5-12-2-1-11(9-14(12)20)10-19-13-3-4-13/h1-2,5,7,9,13,19H,3-4,6,8,10H2.